The van der Waals surface area contributed by atoms with Gasteiger partial charge in [0.1, 0.15) is 34.8 Å². The van der Waals surface area contributed by atoms with Gasteiger partial charge in [0.15, 0.2) is 0 Å². The third kappa shape index (κ3) is 6.23. The molecule has 0 aliphatic heterocycles. The highest BCUT2D eigenvalue weighted by molar-refractivity contribution is 5.90. The van der Waals surface area contributed by atoms with Gasteiger partial charge in [-0.3, -0.25) is 14.4 Å². The van der Waals surface area contributed by atoms with Crippen molar-refractivity contribution in [3.05, 3.63) is 142 Å². The van der Waals surface area contributed by atoms with E-state index >= 15 is 0 Å². The van der Waals surface area contributed by atoms with Gasteiger partial charge in [0.25, 0.3) is 0 Å². The summed E-state index contributed by atoms with van der Waals surface area (Å²) in [6.45, 7) is 4.27. The maximum atomic E-state index is 13.7. The Labute approximate surface area is 225 Å². The summed E-state index contributed by atoms with van der Waals surface area (Å²) in [6.07, 6.45) is 0. The number of ketones is 3. The molecule has 4 aromatic carbocycles. The van der Waals surface area contributed by atoms with Gasteiger partial charge in [-0.05, 0) is 90.6 Å². The molecule has 0 amide bonds. The Balaban J connectivity index is 1.99. The Hall–Kier alpha value is -4.32. The van der Waals surface area contributed by atoms with Crippen LogP contribution in [0.15, 0.2) is 91.0 Å². The molecule has 4 rings (SSSR count). The number of carbonyl (C=O) groups excluding carboxylic acids is 3. The van der Waals surface area contributed by atoms with Crippen LogP contribution in [0.3, 0.4) is 0 Å². The van der Waals surface area contributed by atoms with Crippen LogP contribution in [0.5, 0.6) is 0 Å². The number of halogens is 3. The number of carbonyl (C=O) groups is 3. The summed E-state index contributed by atoms with van der Waals surface area (Å²) >= 11 is 0. The van der Waals surface area contributed by atoms with E-state index in [0.717, 1.165) is 0 Å². The molecular weight excluding hydrogens is 501 g/mol. The van der Waals surface area contributed by atoms with Crippen molar-refractivity contribution < 1.29 is 27.6 Å². The third-order valence-corrected chi connectivity index (χ3v) is 6.83. The molecular formula is C33H27F3O3. The van der Waals surface area contributed by atoms with Crippen LogP contribution in [0, 0.1) is 17.5 Å². The molecule has 4 aromatic rings. The fourth-order valence-corrected chi connectivity index (χ4v) is 5.15. The van der Waals surface area contributed by atoms with Gasteiger partial charge in [0.2, 0.25) is 0 Å². The molecule has 3 unspecified atom stereocenters. The van der Waals surface area contributed by atoms with Crippen LogP contribution in [0.2, 0.25) is 0 Å². The van der Waals surface area contributed by atoms with Gasteiger partial charge in [0, 0.05) is 0 Å². The van der Waals surface area contributed by atoms with Crippen molar-refractivity contribution in [3.8, 4) is 0 Å². The minimum Gasteiger partial charge on any atom is -0.299 e. The van der Waals surface area contributed by atoms with E-state index in [-0.39, 0.29) is 17.3 Å². The minimum atomic E-state index is -0.800. The molecule has 3 atom stereocenters. The second-order valence-corrected chi connectivity index (χ2v) is 9.72. The molecule has 0 saturated carbocycles. The maximum absolute atomic E-state index is 13.7. The summed E-state index contributed by atoms with van der Waals surface area (Å²) in [4.78, 5) is 38.9. The second-order valence-electron chi connectivity index (χ2n) is 9.72. The summed E-state index contributed by atoms with van der Waals surface area (Å²) in [5, 5.41) is 0. The first-order valence-electron chi connectivity index (χ1n) is 12.5. The SMILES string of the molecule is CC(=O)C(c1ccc(F)cc1)c1cc(C(C(C)=O)c2ccc(F)cc2)cc(C(C(C)=O)c2ccc(F)cc2)c1. The molecule has 0 saturated heterocycles. The number of Topliss-reactive ketones (excluding diaryl/α,β-unsaturated/α-hetero) is 3. The summed E-state index contributed by atoms with van der Waals surface area (Å²) in [6, 6.07) is 22.0. The summed E-state index contributed by atoms with van der Waals surface area (Å²) in [5.41, 5.74) is 3.20. The van der Waals surface area contributed by atoms with Gasteiger partial charge >= 0.3 is 0 Å². The molecule has 3 nitrogen and oxygen atoms in total. The Morgan fingerprint density at radius 1 is 0.410 bits per heavy atom. The van der Waals surface area contributed by atoms with Crippen molar-refractivity contribution in [1.82, 2.24) is 0 Å². The Morgan fingerprint density at radius 2 is 0.615 bits per heavy atom. The topological polar surface area (TPSA) is 51.2 Å². The maximum Gasteiger partial charge on any atom is 0.141 e. The van der Waals surface area contributed by atoms with Gasteiger partial charge in [-0.2, -0.15) is 0 Å². The van der Waals surface area contributed by atoms with Crippen LogP contribution in [0.1, 0.15) is 71.9 Å². The third-order valence-electron chi connectivity index (χ3n) is 6.83. The lowest BCUT2D eigenvalue weighted by molar-refractivity contribution is -0.118. The van der Waals surface area contributed by atoms with Gasteiger partial charge < -0.3 is 0 Å². The molecule has 0 fully saturated rings. The minimum absolute atomic E-state index is 0.216. The molecule has 198 valence electrons. The van der Waals surface area contributed by atoms with E-state index in [2.05, 4.69) is 0 Å². The molecule has 0 spiro atoms. The van der Waals surface area contributed by atoms with Crippen LogP contribution >= 0.6 is 0 Å². The van der Waals surface area contributed by atoms with Gasteiger partial charge in [-0.15, -0.1) is 0 Å². The van der Waals surface area contributed by atoms with Crippen LogP contribution < -0.4 is 0 Å². The lowest BCUT2D eigenvalue weighted by Crippen LogP contribution is -2.17. The van der Waals surface area contributed by atoms with Crippen molar-refractivity contribution in [2.24, 2.45) is 0 Å². The number of rotatable bonds is 9. The Kier molecular flexibility index (Phi) is 8.24. The van der Waals surface area contributed by atoms with Gasteiger partial charge in [0.05, 0.1) is 17.8 Å². The molecule has 0 bridgehead atoms. The van der Waals surface area contributed by atoms with Crippen LogP contribution in [-0.4, -0.2) is 17.3 Å². The summed E-state index contributed by atoms with van der Waals surface area (Å²) in [7, 11) is 0. The van der Waals surface area contributed by atoms with Crippen molar-refractivity contribution in [2.75, 3.05) is 0 Å². The van der Waals surface area contributed by atoms with E-state index in [0.29, 0.717) is 33.4 Å². The van der Waals surface area contributed by atoms with Crippen molar-refractivity contribution in [2.45, 2.75) is 38.5 Å². The zero-order chi connectivity index (χ0) is 28.3. The molecule has 0 aromatic heterocycles. The number of benzene rings is 4. The fourth-order valence-electron chi connectivity index (χ4n) is 5.15. The molecule has 0 heterocycles. The normalized spacial score (nSPS) is 13.4. The highest BCUT2D eigenvalue weighted by Crippen LogP contribution is 2.36. The standard InChI is InChI=1S/C33H27F3O3/c1-19(37)31(22-4-10-28(34)11-5-22)25-16-26(32(20(2)38)23-6-12-29(35)13-7-23)18-27(17-25)33(21(3)39)24-8-14-30(36)15-9-24/h4-18,31-33H,1-3H3. The monoisotopic (exact) mass is 528 g/mol. The lowest BCUT2D eigenvalue weighted by Gasteiger charge is -2.24. The van der Waals surface area contributed by atoms with E-state index in [1.54, 1.807) is 18.2 Å². The number of hydrogen-bond donors (Lipinski definition) is 0. The zero-order valence-corrected chi connectivity index (χ0v) is 21.8. The van der Waals surface area contributed by atoms with Crippen molar-refractivity contribution >= 4 is 17.3 Å². The molecule has 0 aliphatic carbocycles. The van der Waals surface area contributed by atoms with E-state index in [1.807, 2.05) is 0 Å². The smallest absolute Gasteiger partial charge is 0.141 e. The summed E-state index contributed by atoms with van der Waals surface area (Å²) in [5.74, 6) is -4.39. The van der Waals surface area contributed by atoms with Gasteiger partial charge in [-0.25, -0.2) is 13.2 Å². The average molecular weight is 529 g/mol. The predicted molar refractivity (Wildman–Crippen MR) is 143 cm³/mol. The largest absolute Gasteiger partial charge is 0.299 e. The average Bonchev–Trinajstić information content (AvgIpc) is 2.87. The first-order valence-corrected chi connectivity index (χ1v) is 12.5. The quantitative estimate of drug-likeness (QED) is 0.230. The first kappa shape index (κ1) is 27.7. The van der Waals surface area contributed by atoms with E-state index in [9.17, 15) is 27.6 Å². The van der Waals surface area contributed by atoms with Gasteiger partial charge in [-0.1, -0.05) is 54.6 Å². The molecule has 0 N–H and O–H groups in total. The van der Waals surface area contributed by atoms with Crippen LogP contribution in [-0.2, 0) is 14.4 Å². The van der Waals surface area contributed by atoms with Crippen LogP contribution in [0.4, 0.5) is 13.2 Å². The molecule has 39 heavy (non-hydrogen) atoms. The van der Waals surface area contributed by atoms with E-state index in [1.165, 1.54) is 93.6 Å². The Bertz CT molecular complexity index is 1310. The fraction of sp³-hybridized carbons (Fsp3) is 0.182. The predicted octanol–water partition coefficient (Wildman–Crippen LogP) is 7.27. The Morgan fingerprint density at radius 3 is 0.795 bits per heavy atom. The molecule has 0 radical (unpaired) electrons. The zero-order valence-electron chi connectivity index (χ0n) is 21.8. The second kappa shape index (κ2) is 11.6. The van der Waals surface area contributed by atoms with Crippen molar-refractivity contribution in [3.63, 3.8) is 0 Å². The first-order chi connectivity index (χ1) is 18.5. The van der Waals surface area contributed by atoms with Crippen molar-refractivity contribution in [1.29, 1.82) is 0 Å². The van der Waals surface area contributed by atoms with Crippen LogP contribution in [0.25, 0.3) is 0 Å². The summed E-state index contributed by atoms with van der Waals surface area (Å²) < 4.78 is 41.1. The number of hydrogen-bond acceptors (Lipinski definition) is 3. The highest BCUT2D eigenvalue weighted by atomic mass is 19.1. The van der Waals surface area contributed by atoms with E-state index < -0.39 is 35.2 Å². The van der Waals surface area contributed by atoms with E-state index in [4.69, 9.17) is 0 Å². The lowest BCUT2D eigenvalue weighted by atomic mass is 9.78. The highest BCUT2D eigenvalue weighted by Gasteiger charge is 2.28. The molecule has 0 aliphatic rings. The molecule has 6 heteroatoms.